The standard InChI is InChI=1S/C28H33N3O4S/c1-19-6-13-25-26(4-3-5-27(25)29-19)28(32)30-23-10-7-20(8-11-23)14-15-31-17-21-9-12-24(16-22(21)18-31)35-36(2,33)34/h3-6,9,12-13,16,20,23H,7-8,10-11,14-15,17-18H2,1-2H3,(H,30,32). The van der Waals surface area contributed by atoms with Crippen molar-refractivity contribution in [3.63, 3.8) is 0 Å². The van der Waals surface area contributed by atoms with Gasteiger partial charge < -0.3 is 9.50 Å². The van der Waals surface area contributed by atoms with Crippen molar-refractivity contribution in [1.82, 2.24) is 15.2 Å². The van der Waals surface area contributed by atoms with Crippen molar-refractivity contribution >= 4 is 26.9 Å². The third-order valence-corrected chi connectivity index (χ3v) is 7.86. The number of hydrogen-bond donors (Lipinski definition) is 1. The Morgan fingerprint density at radius 2 is 1.83 bits per heavy atom. The highest BCUT2D eigenvalue weighted by atomic mass is 32.2. The molecule has 8 heteroatoms. The minimum atomic E-state index is -3.52. The smallest absolute Gasteiger partial charge is 0.306 e. The van der Waals surface area contributed by atoms with Crippen LogP contribution in [0.3, 0.4) is 0 Å². The van der Waals surface area contributed by atoms with Crippen molar-refractivity contribution in [2.75, 3.05) is 12.8 Å². The highest BCUT2D eigenvalue weighted by molar-refractivity contribution is 7.86. The summed E-state index contributed by atoms with van der Waals surface area (Å²) in [5.41, 5.74) is 4.87. The van der Waals surface area contributed by atoms with Gasteiger partial charge in [-0.3, -0.25) is 14.7 Å². The average molecular weight is 508 g/mol. The molecule has 1 aromatic heterocycles. The summed E-state index contributed by atoms with van der Waals surface area (Å²) in [5, 5.41) is 4.16. The molecule has 1 amide bonds. The van der Waals surface area contributed by atoms with E-state index in [9.17, 15) is 13.2 Å². The maximum Gasteiger partial charge on any atom is 0.306 e. The molecule has 1 N–H and O–H groups in total. The first-order valence-electron chi connectivity index (χ1n) is 12.6. The number of carbonyl (C=O) groups is 1. The van der Waals surface area contributed by atoms with E-state index >= 15 is 0 Å². The molecule has 0 bridgehead atoms. The minimum absolute atomic E-state index is 0.0104. The molecule has 190 valence electrons. The number of aryl methyl sites for hydroxylation is 1. The molecule has 0 spiro atoms. The summed E-state index contributed by atoms with van der Waals surface area (Å²) in [4.78, 5) is 20.0. The topological polar surface area (TPSA) is 88.6 Å². The molecule has 1 aliphatic heterocycles. The molecule has 0 saturated heterocycles. The second-order valence-electron chi connectivity index (χ2n) is 10.2. The Morgan fingerprint density at radius 1 is 1.06 bits per heavy atom. The van der Waals surface area contributed by atoms with Crippen LogP contribution in [0, 0.1) is 12.8 Å². The van der Waals surface area contributed by atoms with Gasteiger partial charge in [0.25, 0.3) is 5.91 Å². The Bertz CT molecular complexity index is 1380. The number of pyridine rings is 1. The normalized spacial score (nSPS) is 20.3. The first-order valence-corrected chi connectivity index (χ1v) is 14.5. The number of nitrogens with zero attached hydrogens (tertiary/aromatic N) is 2. The summed E-state index contributed by atoms with van der Waals surface area (Å²) >= 11 is 0. The van der Waals surface area contributed by atoms with E-state index in [4.69, 9.17) is 4.18 Å². The summed E-state index contributed by atoms with van der Waals surface area (Å²) in [7, 11) is -3.52. The van der Waals surface area contributed by atoms with Gasteiger partial charge in [0.1, 0.15) is 5.75 Å². The predicted molar refractivity (Wildman–Crippen MR) is 140 cm³/mol. The van der Waals surface area contributed by atoms with Crippen LogP contribution in [-0.4, -0.2) is 43.1 Å². The van der Waals surface area contributed by atoms with E-state index in [0.29, 0.717) is 17.2 Å². The predicted octanol–water partition coefficient (Wildman–Crippen LogP) is 4.58. The first kappa shape index (κ1) is 24.7. The highest BCUT2D eigenvalue weighted by Crippen LogP contribution is 2.31. The lowest BCUT2D eigenvalue weighted by molar-refractivity contribution is 0.0921. The second-order valence-corrected chi connectivity index (χ2v) is 11.8. The molecule has 2 heterocycles. The number of fused-ring (bicyclic) bond motifs is 2. The average Bonchev–Trinajstić information content (AvgIpc) is 3.24. The zero-order valence-electron chi connectivity index (χ0n) is 20.9. The minimum Gasteiger partial charge on any atom is -0.383 e. The lowest BCUT2D eigenvalue weighted by atomic mass is 9.84. The number of carbonyl (C=O) groups excluding carboxylic acids is 1. The number of amides is 1. The van der Waals surface area contributed by atoms with Gasteiger partial charge in [-0.2, -0.15) is 8.42 Å². The van der Waals surface area contributed by atoms with Crippen molar-refractivity contribution in [3.05, 3.63) is 70.9 Å². The summed E-state index contributed by atoms with van der Waals surface area (Å²) < 4.78 is 27.8. The van der Waals surface area contributed by atoms with Crippen LogP contribution in [0.25, 0.3) is 10.9 Å². The summed E-state index contributed by atoms with van der Waals surface area (Å²) in [6, 6.07) is 15.4. The van der Waals surface area contributed by atoms with Crippen LogP contribution in [-0.2, 0) is 23.2 Å². The number of aromatic nitrogens is 1. The second kappa shape index (κ2) is 10.2. The summed E-state index contributed by atoms with van der Waals surface area (Å²) in [6.07, 6.45) is 6.45. The van der Waals surface area contributed by atoms with Gasteiger partial charge in [-0.15, -0.1) is 0 Å². The van der Waals surface area contributed by atoms with Gasteiger partial charge >= 0.3 is 10.1 Å². The number of nitrogens with one attached hydrogen (secondary N) is 1. The molecule has 1 fully saturated rings. The molecule has 1 saturated carbocycles. The third-order valence-electron chi connectivity index (χ3n) is 7.36. The van der Waals surface area contributed by atoms with Gasteiger partial charge in [0.15, 0.2) is 0 Å². The number of hydrogen-bond acceptors (Lipinski definition) is 6. The number of benzene rings is 2. The van der Waals surface area contributed by atoms with Crippen molar-refractivity contribution in [1.29, 1.82) is 0 Å². The van der Waals surface area contributed by atoms with Crippen LogP contribution in [0.4, 0.5) is 0 Å². The maximum atomic E-state index is 13.0. The Balaban J connectivity index is 1.09. The number of rotatable bonds is 7. The monoisotopic (exact) mass is 507 g/mol. The molecular formula is C28H33N3O4S. The quantitative estimate of drug-likeness (QED) is 0.471. The molecular weight excluding hydrogens is 474 g/mol. The first-order chi connectivity index (χ1) is 17.2. The zero-order valence-corrected chi connectivity index (χ0v) is 21.7. The molecule has 3 aromatic rings. The molecule has 2 aliphatic rings. The fourth-order valence-electron chi connectivity index (χ4n) is 5.50. The molecule has 0 unspecified atom stereocenters. The van der Waals surface area contributed by atoms with Gasteiger partial charge in [0.05, 0.1) is 11.8 Å². The van der Waals surface area contributed by atoms with Gasteiger partial charge in [-0.05, 0) is 92.9 Å². The van der Waals surface area contributed by atoms with E-state index in [0.717, 1.165) is 80.2 Å². The Morgan fingerprint density at radius 3 is 2.61 bits per heavy atom. The summed E-state index contributed by atoms with van der Waals surface area (Å²) in [6.45, 7) is 4.68. The lowest BCUT2D eigenvalue weighted by Crippen LogP contribution is -2.38. The SMILES string of the molecule is Cc1ccc2c(C(=O)NC3CCC(CCN4Cc5ccc(OS(C)(=O)=O)cc5C4)CC3)cccc2n1. The van der Waals surface area contributed by atoms with Crippen LogP contribution < -0.4 is 9.50 Å². The van der Waals surface area contributed by atoms with Crippen LogP contribution in [0.1, 0.15) is 59.3 Å². The molecule has 0 atom stereocenters. The van der Waals surface area contributed by atoms with Gasteiger partial charge in [-0.25, -0.2) is 0 Å². The van der Waals surface area contributed by atoms with Crippen LogP contribution in [0.15, 0.2) is 48.5 Å². The largest absolute Gasteiger partial charge is 0.383 e. The molecule has 7 nitrogen and oxygen atoms in total. The third kappa shape index (κ3) is 5.87. The van der Waals surface area contributed by atoms with E-state index < -0.39 is 10.1 Å². The summed E-state index contributed by atoms with van der Waals surface area (Å²) in [5.74, 6) is 1.04. The van der Waals surface area contributed by atoms with Gasteiger partial charge in [0.2, 0.25) is 0 Å². The molecule has 36 heavy (non-hydrogen) atoms. The van der Waals surface area contributed by atoms with E-state index in [1.807, 2.05) is 49.4 Å². The van der Waals surface area contributed by atoms with Crippen LogP contribution in [0.2, 0.25) is 0 Å². The molecule has 5 rings (SSSR count). The van der Waals surface area contributed by atoms with Crippen molar-refractivity contribution < 1.29 is 17.4 Å². The van der Waals surface area contributed by atoms with Crippen molar-refractivity contribution in [2.24, 2.45) is 5.92 Å². The van der Waals surface area contributed by atoms with Gasteiger partial charge in [0, 0.05) is 35.8 Å². The van der Waals surface area contributed by atoms with Crippen LogP contribution in [0.5, 0.6) is 5.75 Å². The molecule has 1 aliphatic carbocycles. The van der Waals surface area contributed by atoms with Crippen molar-refractivity contribution in [3.8, 4) is 5.75 Å². The fraction of sp³-hybridized carbons (Fsp3) is 0.429. The molecule has 2 aromatic carbocycles. The van der Waals surface area contributed by atoms with E-state index in [1.165, 1.54) is 5.56 Å². The lowest BCUT2D eigenvalue weighted by Gasteiger charge is -2.30. The van der Waals surface area contributed by atoms with Crippen LogP contribution >= 0.6 is 0 Å². The van der Waals surface area contributed by atoms with Gasteiger partial charge in [-0.1, -0.05) is 18.2 Å². The fourth-order valence-corrected chi connectivity index (χ4v) is 5.96. The van der Waals surface area contributed by atoms with E-state index in [1.54, 1.807) is 6.07 Å². The Labute approximate surface area is 213 Å². The molecule has 0 radical (unpaired) electrons. The zero-order chi connectivity index (χ0) is 25.3. The maximum absolute atomic E-state index is 13.0. The highest BCUT2D eigenvalue weighted by Gasteiger charge is 2.25. The Kier molecular flexibility index (Phi) is 6.99. The van der Waals surface area contributed by atoms with Crippen molar-refractivity contribution in [2.45, 2.75) is 58.2 Å². The Hall–Kier alpha value is -2.97. The van der Waals surface area contributed by atoms with E-state index in [-0.39, 0.29) is 11.9 Å². The van der Waals surface area contributed by atoms with E-state index in [2.05, 4.69) is 15.2 Å².